The van der Waals surface area contributed by atoms with Crippen molar-refractivity contribution < 1.29 is 4.74 Å². The minimum Gasteiger partial charge on any atom is -0.378 e. The third kappa shape index (κ3) is 3.51. The quantitative estimate of drug-likeness (QED) is 0.628. The summed E-state index contributed by atoms with van der Waals surface area (Å²) in [5, 5.41) is 0. The molecule has 0 bridgehead atoms. The number of piperidine rings is 1. The first kappa shape index (κ1) is 19.0. The van der Waals surface area contributed by atoms with Crippen molar-refractivity contribution in [2.45, 2.75) is 18.9 Å². The van der Waals surface area contributed by atoms with E-state index in [2.05, 4.69) is 41.7 Å². The Morgan fingerprint density at radius 2 is 1.80 bits per heavy atom. The van der Waals surface area contributed by atoms with E-state index in [1.54, 1.807) is 12.7 Å². The molecule has 0 saturated carbocycles. The van der Waals surface area contributed by atoms with Crippen molar-refractivity contribution in [3.63, 3.8) is 0 Å². The molecule has 2 aliphatic rings. The lowest BCUT2D eigenvalue weighted by atomic mass is 10.0. The van der Waals surface area contributed by atoms with Gasteiger partial charge in [-0.3, -0.25) is 0 Å². The summed E-state index contributed by atoms with van der Waals surface area (Å²) < 4.78 is 7.37. The fourth-order valence-corrected chi connectivity index (χ4v) is 4.27. The van der Waals surface area contributed by atoms with E-state index in [4.69, 9.17) is 9.72 Å². The Hall–Kier alpha value is -3.01. The summed E-state index contributed by atoms with van der Waals surface area (Å²) in [6, 6.07) is 2.42. The number of aryl methyl sites for hydroxylation is 1. The Balaban J connectivity index is 1.27. The van der Waals surface area contributed by atoms with Gasteiger partial charge < -0.3 is 24.0 Å². The highest BCUT2D eigenvalue weighted by Crippen LogP contribution is 2.27. The van der Waals surface area contributed by atoms with Gasteiger partial charge in [-0.1, -0.05) is 0 Å². The van der Waals surface area contributed by atoms with Gasteiger partial charge in [0.15, 0.2) is 17.0 Å². The summed E-state index contributed by atoms with van der Waals surface area (Å²) in [5.74, 6) is 2.69. The molecule has 0 aromatic carbocycles. The predicted molar refractivity (Wildman–Crippen MR) is 115 cm³/mol. The average Bonchev–Trinajstić information content (AvgIpc) is 3.20. The van der Waals surface area contributed by atoms with Crippen molar-refractivity contribution >= 4 is 28.7 Å². The van der Waals surface area contributed by atoms with Gasteiger partial charge in [0.1, 0.15) is 12.1 Å². The molecule has 5 rings (SSSR count). The molecule has 3 aromatic heterocycles. The Labute approximate surface area is 175 Å². The first-order valence-electron chi connectivity index (χ1n) is 10.5. The summed E-state index contributed by atoms with van der Waals surface area (Å²) >= 11 is 0. The van der Waals surface area contributed by atoms with Gasteiger partial charge in [0.2, 0.25) is 5.95 Å². The molecule has 0 unspecified atom stereocenters. The highest BCUT2D eigenvalue weighted by atomic mass is 16.5. The lowest BCUT2D eigenvalue weighted by Gasteiger charge is -2.38. The summed E-state index contributed by atoms with van der Waals surface area (Å²) in [6.45, 7) is 5.00. The molecule has 0 atom stereocenters. The number of hydrogen-bond acceptors (Lipinski definition) is 9. The molecular formula is C20H27N9O. The van der Waals surface area contributed by atoms with E-state index in [9.17, 15) is 0 Å². The number of hydrogen-bond donors (Lipinski definition) is 0. The summed E-state index contributed by atoms with van der Waals surface area (Å²) in [7, 11) is 4.09. The van der Waals surface area contributed by atoms with E-state index in [0.717, 1.165) is 81.0 Å². The molecule has 0 spiro atoms. The number of aromatic nitrogens is 6. The standard InChI is InChI=1S/C20H27N9O/c1-26-14-24-17-18(26)22-13-23-19(17)28-7-4-15(5-8-28)27(2)16-3-6-21-20(25-16)29-9-11-30-12-10-29/h3,6,13-15H,4-5,7-12H2,1-2H3. The number of rotatable bonds is 4. The number of ether oxygens (including phenoxy) is 1. The Kier molecular flexibility index (Phi) is 5.07. The van der Waals surface area contributed by atoms with Crippen LogP contribution in [0.4, 0.5) is 17.6 Å². The third-order valence-corrected chi connectivity index (χ3v) is 6.07. The lowest BCUT2D eigenvalue weighted by molar-refractivity contribution is 0.122. The Morgan fingerprint density at radius 1 is 1.00 bits per heavy atom. The zero-order valence-electron chi connectivity index (χ0n) is 17.5. The van der Waals surface area contributed by atoms with Gasteiger partial charge in [-0.05, 0) is 18.9 Å². The lowest BCUT2D eigenvalue weighted by Crippen LogP contribution is -2.44. The molecule has 0 amide bonds. The van der Waals surface area contributed by atoms with Gasteiger partial charge in [-0.2, -0.15) is 4.98 Å². The van der Waals surface area contributed by atoms with Crippen LogP contribution in [0.3, 0.4) is 0 Å². The van der Waals surface area contributed by atoms with Crippen molar-refractivity contribution in [1.29, 1.82) is 0 Å². The fraction of sp³-hybridized carbons (Fsp3) is 0.550. The average molecular weight is 409 g/mol. The summed E-state index contributed by atoms with van der Waals surface area (Å²) in [5.41, 5.74) is 1.74. The van der Waals surface area contributed by atoms with Gasteiger partial charge in [0.25, 0.3) is 0 Å². The maximum Gasteiger partial charge on any atom is 0.227 e. The van der Waals surface area contributed by atoms with E-state index >= 15 is 0 Å². The maximum absolute atomic E-state index is 5.44. The van der Waals surface area contributed by atoms with Gasteiger partial charge in [-0.25, -0.2) is 19.9 Å². The normalized spacial score (nSPS) is 18.2. The van der Waals surface area contributed by atoms with Crippen LogP contribution in [0.5, 0.6) is 0 Å². The van der Waals surface area contributed by atoms with E-state index in [1.807, 2.05) is 23.9 Å². The molecule has 0 aliphatic carbocycles. The number of anilines is 3. The molecule has 2 fully saturated rings. The summed E-state index contributed by atoms with van der Waals surface area (Å²) in [6.07, 6.45) is 7.35. The van der Waals surface area contributed by atoms with Crippen molar-refractivity contribution in [3.8, 4) is 0 Å². The highest BCUT2D eigenvalue weighted by molar-refractivity contribution is 5.83. The molecule has 5 heterocycles. The monoisotopic (exact) mass is 409 g/mol. The number of morpholine rings is 1. The second-order valence-electron chi connectivity index (χ2n) is 7.87. The van der Waals surface area contributed by atoms with Crippen LogP contribution < -0.4 is 14.7 Å². The van der Waals surface area contributed by atoms with E-state index in [0.29, 0.717) is 6.04 Å². The Morgan fingerprint density at radius 3 is 2.60 bits per heavy atom. The second kappa shape index (κ2) is 8.02. The molecule has 2 saturated heterocycles. The molecule has 30 heavy (non-hydrogen) atoms. The zero-order chi connectivity index (χ0) is 20.5. The van der Waals surface area contributed by atoms with Crippen molar-refractivity contribution in [1.82, 2.24) is 29.5 Å². The zero-order valence-corrected chi connectivity index (χ0v) is 17.5. The van der Waals surface area contributed by atoms with E-state index < -0.39 is 0 Å². The molecule has 0 radical (unpaired) electrons. The van der Waals surface area contributed by atoms with Gasteiger partial charge in [-0.15, -0.1) is 0 Å². The SMILES string of the molecule is CN(c1ccnc(N2CCOCC2)n1)C1CCN(c2ncnc3c2ncn3C)CC1. The van der Waals surface area contributed by atoms with Gasteiger partial charge >= 0.3 is 0 Å². The van der Waals surface area contributed by atoms with Crippen molar-refractivity contribution in [2.24, 2.45) is 7.05 Å². The summed E-state index contributed by atoms with van der Waals surface area (Å²) in [4.78, 5) is 29.5. The van der Waals surface area contributed by atoms with Crippen molar-refractivity contribution in [3.05, 3.63) is 24.9 Å². The molecular weight excluding hydrogens is 382 g/mol. The van der Waals surface area contributed by atoms with E-state index in [-0.39, 0.29) is 0 Å². The number of imidazole rings is 1. The molecule has 0 N–H and O–H groups in total. The van der Waals surface area contributed by atoms with Crippen LogP contribution in [0.2, 0.25) is 0 Å². The molecule has 10 heteroatoms. The molecule has 158 valence electrons. The molecule has 3 aromatic rings. The van der Waals surface area contributed by atoms with Crippen LogP contribution in [0.1, 0.15) is 12.8 Å². The molecule has 10 nitrogen and oxygen atoms in total. The van der Waals surface area contributed by atoms with Gasteiger partial charge in [0, 0.05) is 52.5 Å². The minimum absolute atomic E-state index is 0.426. The largest absolute Gasteiger partial charge is 0.378 e. The topological polar surface area (TPSA) is 88.3 Å². The smallest absolute Gasteiger partial charge is 0.227 e. The minimum atomic E-state index is 0.426. The second-order valence-corrected chi connectivity index (χ2v) is 7.87. The fourth-order valence-electron chi connectivity index (χ4n) is 4.27. The number of nitrogens with zero attached hydrogens (tertiary/aromatic N) is 9. The van der Waals surface area contributed by atoms with Crippen LogP contribution in [0.15, 0.2) is 24.9 Å². The predicted octanol–water partition coefficient (Wildman–Crippen LogP) is 1.10. The van der Waals surface area contributed by atoms with Crippen LogP contribution >= 0.6 is 0 Å². The highest BCUT2D eigenvalue weighted by Gasteiger charge is 2.26. The first-order valence-corrected chi connectivity index (χ1v) is 10.5. The van der Waals surface area contributed by atoms with Crippen LogP contribution in [-0.2, 0) is 11.8 Å². The van der Waals surface area contributed by atoms with Crippen LogP contribution in [0, 0.1) is 0 Å². The molecule has 2 aliphatic heterocycles. The first-order chi connectivity index (χ1) is 14.7. The Bertz CT molecular complexity index is 1010. The number of fused-ring (bicyclic) bond motifs is 1. The van der Waals surface area contributed by atoms with Crippen LogP contribution in [0.25, 0.3) is 11.2 Å². The third-order valence-electron chi connectivity index (χ3n) is 6.07. The van der Waals surface area contributed by atoms with Gasteiger partial charge in [0.05, 0.1) is 19.5 Å². The van der Waals surface area contributed by atoms with Crippen LogP contribution in [-0.4, -0.2) is 82.0 Å². The van der Waals surface area contributed by atoms with E-state index in [1.165, 1.54) is 0 Å². The van der Waals surface area contributed by atoms with Crippen molar-refractivity contribution in [2.75, 3.05) is 61.1 Å². The maximum atomic E-state index is 5.44.